The van der Waals surface area contributed by atoms with Crippen molar-refractivity contribution in [3.8, 4) is 0 Å². The zero-order chi connectivity index (χ0) is 28.8. The second-order valence-corrected chi connectivity index (χ2v) is 12.5. The molecule has 0 radical (unpaired) electrons. The van der Waals surface area contributed by atoms with Gasteiger partial charge in [-0.25, -0.2) is 12.8 Å². The molecule has 0 saturated carbocycles. The summed E-state index contributed by atoms with van der Waals surface area (Å²) in [6.07, 6.45) is 1.13. The molecule has 0 heterocycles. The number of nitrogens with one attached hydrogen (secondary N) is 1. The van der Waals surface area contributed by atoms with Gasteiger partial charge in [-0.15, -0.1) is 0 Å². The van der Waals surface area contributed by atoms with Crippen molar-refractivity contribution in [2.75, 3.05) is 17.1 Å². The van der Waals surface area contributed by atoms with Gasteiger partial charge in [0.2, 0.25) is 21.8 Å². The van der Waals surface area contributed by atoms with Crippen LogP contribution in [0.4, 0.5) is 10.1 Å². The molecule has 39 heavy (non-hydrogen) atoms. The van der Waals surface area contributed by atoms with E-state index in [0.29, 0.717) is 0 Å². The molecule has 0 aliphatic carbocycles. The summed E-state index contributed by atoms with van der Waals surface area (Å²) in [4.78, 5) is 29.1. The van der Waals surface area contributed by atoms with Crippen molar-refractivity contribution >= 4 is 27.5 Å². The van der Waals surface area contributed by atoms with Crippen LogP contribution in [-0.4, -0.2) is 49.5 Å². The fraction of sp³-hybridized carbons (Fsp3) is 0.333. The smallest absolute Gasteiger partial charge is 0.244 e. The van der Waals surface area contributed by atoms with Gasteiger partial charge in [0.25, 0.3) is 0 Å². The lowest BCUT2D eigenvalue weighted by Gasteiger charge is -2.35. The molecule has 3 aromatic carbocycles. The summed E-state index contributed by atoms with van der Waals surface area (Å²) in [6, 6.07) is 21.2. The molecular weight excluding hydrogens is 517 g/mol. The molecule has 0 spiro atoms. The molecule has 0 fully saturated rings. The molecule has 0 bridgehead atoms. The van der Waals surface area contributed by atoms with Gasteiger partial charge in [-0.3, -0.25) is 13.9 Å². The van der Waals surface area contributed by atoms with E-state index < -0.39 is 39.9 Å². The van der Waals surface area contributed by atoms with Crippen molar-refractivity contribution in [2.45, 2.75) is 52.2 Å². The highest BCUT2D eigenvalue weighted by Crippen LogP contribution is 2.23. The van der Waals surface area contributed by atoms with Crippen molar-refractivity contribution in [1.29, 1.82) is 0 Å². The van der Waals surface area contributed by atoms with Crippen LogP contribution in [0.3, 0.4) is 0 Å². The van der Waals surface area contributed by atoms with Crippen molar-refractivity contribution in [1.82, 2.24) is 10.2 Å². The lowest BCUT2D eigenvalue weighted by atomic mass is 10.00. The van der Waals surface area contributed by atoms with Crippen LogP contribution >= 0.6 is 0 Å². The maximum Gasteiger partial charge on any atom is 0.244 e. The fourth-order valence-corrected chi connectivity index (χ4v) is 5.08. The molecule has 7 nitrogen and oxygen atoms in total. The van der Waals surface area contributed by atoms with Gasteiger partial charge in [0.05, 0.1) is 11.9 Å². The number of hydrogen-bond donors (Lipinski definition) is 1. The van der Waals surface area contributed by atoms with Gasteiger partial charge in [-0.1, -0.05) is 66.7 Å². The van der Waals surface area contributed by atoms with Gasteiger partial charge in [-0.05, 0) is 56.5 Å². The lowest BCUT2D eigenvalue weighted by molar-refractivity contribution is -0.140. The Morgan fingerprint density at radius 1 is 0.923 bits per heavy atom. The van der Waals surface area contributed by atoms with Gasteiger partial charge < -0.3 is 10.2 Å². The minimum atomic E-state index is -4.04. The predicted molar refractivity (Wildman–Crippen MR) is 152 cm³/mol. The molecule has 0 unspecified atom stereocenters. The number of aryl methyl sites for hydroxylation is 1. The topological polar surface area (TPSA) is 86.8 Å². The number of halogens is 1. The molecular formula is C30H36FN3O4S. The number of hydrogen-bond acceptors (Lipinski definition) is 4. The molecule has 1 atom stereocenters. The van der Waals surface area contributed by atoms with Crippen molar-refractivity contribution < 1.29 is 22.4 Å². The summed E-state index contributed by atoms with van der Waals surface area (Å²) in [5, 5.41) is 2.97. The van der Waals surface area contributed by atoms with Gasteiger partial charge >= 0.3 is 0 Å². The first-order valence-electron chi connectivity index (χ1n) is 12.7. The van der Waals surface area contributed by atoms with Gasteiger partial charge in [0, 0.05) is 18.5 Å². The molecule has 0 aromatic heterocycles. The average molecular weight is 554 g/mol. The van der Waals surface area contributed by atoms with E-state index in [2.05, 4.69) is 5.32 Å². The number of rotatable bonds is 10. The van der Waals surface area contributed by atoms with E-state index >= 15 is 0 Å². The van der Waals surface area contributed by atoms with E-state index in [-0.39, 0.29) is 24.6 Å². The summed E-state index contributed by atoms with van der Waals surface area (Å²) < 4.78 is 40.9. The zero-order valence-corrected chi connectivity index (χ0v) is 23.8. The Balaban J connectivity index is 2.10. The van der Waals surface area contributed by atoms with Crippen LogP contribution in [0, 0.1) is 12.7 Å². The van der Waals surface area contributed by atoms with Crippen LogP contribution in [0.25, 0.3) is 0 Å². The van der Waals surface area contributed by atoms with Crippen molar-refractivity contribution in [2.24, 2.45) is 0 Å². The third kappa shape index (κ3) is 8.38. The Kier molecular flexibility index (Phi) is 9.50. The van der Waals surface area contributed by atoms with E-state index in [1.807, 2.05) is 82.3 Å². The van der Waals surface area contributed by atoms with Gasteiger partial charge in [0.15, 0.2) is 0 Å². The van der Waals surface area contributed by atoms with Crippen molar-refractivity contribution in [3.63, 3.8) is 0 Å². The number of anilines is 1. The number of amides is 2. The molecule has 0 saturated heterocycles. The minimum absolute atomic E-state index is 0.0649. The van der Waals surface area contributed by atoms with Gasteiger partial charge in [0.1, 0.15) is 18.4 Å². The zero-order valence-electron chi connectivity index (χ0n) is 23.0. The SMILES string of the molecule is Cc1ccccc1CN(C(=O)CN(c1ccccc1F)S(C)(=O)=O)[C@@H](Cc1ccccc1)C(=O)NC(C)(C)C. The number of sulfonamides is 1. The summed E-state index contributed by atoms with van der Waals surface area (Å²) in [7, 11) is -4.04. The van der Waals surface area contributed by atoms with E-state index in [0.717, 1.165) is 33.3 Å². The van der Waals surface area contributed by atoms with E-state index in [9.17, 15) is 22.4 Å². The number of nitrogens with zero attached hydrogens (tertiary/aromatic N) is 2. The summed E-state index contributed by atoms with van der Waals surface area (Å²) in [6.45, 7) is 6.85. The van der Waals surface area contributed by atoms with Gasteiger partial charge in [-0.2, -0.15) is 0 Å². The Morgan fingerprint density at radius 2 is 1.51 bits per heavy atom. The Morgan fingerprint density at radius 3 is 2.10 bits per heavy atom. The highest BCUT2D eigenvalue weighted by molar-refractivity contribution is 7.92. The standard InChI is InChI=1S/C30H36FN3O4S/c1-22-13-9-10-16-24(22)20-33(27(29(36)32-30(2,3)4)19-23-14-7-6-8-15-23)28(35)21-34(39(5,37)38)26-18-12-11-17-25(26)31/h6-18,27H,19-21H2,1-5H3,(H,32,36)/t27-/m0/s1. The monoisotopic (exact) mass is 553 g/mol. The molecule has 3 aromatic rings. The second kappa shape index (κ2) is 12.4. The normalized spacial score (nSPS) is 12.5. The van der Waals surface area contributed by atoms with Crippen LogP contribution in [0.2, 0.25) is 0 Å². The third-order valence-corrected chi connectivity index (χ3v) is 7.30. The van der Waals surface area contributed by atoms with Crippen LogP contribution in [0.15, 0.2) is 78.9 Å². The average Bonchev–Trinajstić information content (AvgIpc) is 2.85. The fourth-order valence-electron chi connectivity index (χ4n) is 4.23. The Labute approximate surface area is 230 Å². The van der Waals surface area contributed by atoms with E-state index in [4.69, 9.17) is 0 Å². The molecule has 2 amide bonds. The highest BCUT2D eigenvalue weighted by atomic mass is 32.2. The molecule has 1 N–H and O–H groups in total. The number of benzene rings is 3. The number of carbonyl (C=O) groups excluding carboxylic acids is 2. The lowest BCUT2D eigenvalue weighted by Crippen LogP contribution is -2.56. The van der Waals surface area contributed by atoms with Crippen molar-refractivity contribution in [3.05, 3.63) is 101 Å². The molecule has 9 heteroatoms. The second-order valence-electron chi connectivity index (χ2n) is 10.6. The molecule has 0 aliphatic heterocycles. The van der Waals surface area contributed by atoms with Crippen LogP contribution in [-0.2, 0) is 32.6 Å². The first-order chi connectivity index (χ1) is 18.3. The predicted octanol–water partition coefficient (Wildman–Crippen LogP) is 4.45. The highest BCUT2D eigenvalue weighted by Gasteiger charge is 2.34. The summed E-state index contributed by atoms with van der Waals surface area (Å²) in [5.74, 6) is -1.77. The van der Waals surface area contributed by atoms with E-state index in [1.54, 1.807) is 0 Å². The minimum Gasteiger partial charge on any atom is -0.350 e. The number of para-hydroxylation sites is 1. The number of carbonyl (C=O) groups is 2. The maximum absolute atomic E-state index is 14.7. The summed E-state index contributed by atoms with van der Waals surface area (Å²) >= 11 is 0. The maximum atomic E-state index is 14.7. The molecule has 0 aliphatic rings. The Hall–Kier alpha value is -3.72. The molecule has 3 rings (SSSR count). The first kappa shape index (κ1) is 29.8. The molecule has 208 valence electrons. The summed E-state index contributed by atoms with van der Waals surface area (Å²) in [5.41, 5.74) is 1.75. The van der Waals surface area contributed by atoms with Crippen LogP contribution < -0.4 is 9.62 Å². The van der Waals surface area contributed by atoms with Crippen LogP contribution in [0.5, 0.6) is 0 Å². The largest absolute Gasteiger partial charge is 0.350 e. The third-order valence-electron chi connectivity index (χ3n) is 6.17. The first-order valence-corrected chi connectivity index (χ1v) is 14.5. The quantitative estimate of drug-likeness (QED) is 0.402. The van der Waals surface area contributed by atoms with E-state index in [1.165, 1.54) is 23.1 Å². The Bertz CT molecular complexity index is 1400. The van der Waals surface area contributed by atoms with Crippen LogP contribution in [0.1, 0.15) is 37.5 Å².